The van der Waals surface area contributed by atoms with Crippen LogP contribution in [0.2, 0.25) is 0 Å². The number of amides is 4. The molecule has 1 fully saturated rings. The Kier molecular flexibility index (Phi) is 6.18. The van der Waals surface area contributed by atoms with Crippen LogP contribution in [0.5, 0.6) is 0 Å². The Morgan fingerprint density at radius 1 is 1.11 bits per heavy atom. The minimum atomic E-state index is -0.952. The molecule has 0 radical (unpaired) electrons. The highest BCUT2D eigenvalue weighted by Crippen LogP contribution is 2.32. The Bertz CT molecular complexity index is 820. The first-order valence-electron chi connectivity index (χ1n) is 9.62. The zero-order chi connectivity index (χ0) is 20.1. The highest BCUT2D eigenvalue weighted by atomic mass is 16.2. The Balaban J connectivity index is 1.67. The Morgan fingerprint density at radius 2 is 1.89 bits per heavy atom. The van der Waals surface area contributed by atoms with E-state index < -0.39 is 23.8 Å². The zero-order valence-corrected chi connectivity index (χ0v) is 15.6. The molecule has 0 aromatic heterocycles. The van der Waals surface area contributed by atoms with Gasteiger partial charge >= 0.3 is 0 Å². The lowest BCUT2D eigenvalue weighted by atomic mass is 10.0. The van der Waals surface area contributed by atoms with Gasteiger partial charge in [-0.15, -0.1) is 0 Å². The van der Waals surface area contributed by atoms with E-state index in [0.29, 0.717) is 17.8 Å². The smallest absolute Gasteiger partial charge is 0.264 e. The van der Waals surface area contributed by atoms with E-state index in [2.05, 4.69) is 10.6 Å². The van der Waals surface area contributed by atoms with Crippen LogP contribution in [0, 0.1) is 5.41 Å². The van der Waals surface area contributed by atoms with Gasteiger partial charge in [-0.05, 0) is 44.0 Å². The first-order chi connectivity index (χ1) is 13.5. The van der Waals surface area contributed by atoms with Crippen molar-refractivity contribution in [1.82, 2.24) is 10.2 Å². The molecule has 28 heavy (non-hydrogen) atoms. The third-order valence-corrected chi connectivity index (χ3v) is 5.06. The van der Waals surface area contributed by atoms with E-state index in [1.54, 1.807) is 18.2 Å². The van der Waals surface area contributed by atoms with Gasteiger partial charge < -0.3 is 10.7 Å². The van der Waals surface area contributed by atoms with Crippen molar-refractivity contribution < 1.29 is 19.2 Å². The molecule has 2 aliphatic heterocycles. The molecule has 8 nitrogen and oxygen atoms in total. The van der Waals surface area contributed by atoms with Crippen molar-refractivity contribution in [2.45, 2.75) is 51.0 Å². The molecule has 0 aliphatic carbocycles. The maximum Gasteiger partial charge on any atom is 0.264 e. The van der Waals surface area contributed by atoms with Gasteiger partial charge in [-0.3, -0.25) is 29.4 Å². The molecule has 3 rings (SSSR count). The van der Waals surface area contributed by atoms with Gasteiger partial charge in [0, 0.05) is 18.7 Å². The van der Waals surface area contributed by atoms with Gasteiger partial charge in [0.1, 0.15) is 6.04 Å². The number of carbonyl (C=O) groups is 4. The monoisotopic (exact) mass is 384 g/mol. The number of piperidine rings is 1. The molecule has 1 aromatic carbocycles. The van der Waals surface area contributed by atoms with Crippen molar-refractivity contribution in [1.29, 1.82) is 5.41 Å². The van der Waals surface area contributed by atoms with E-state index in [1.165, 1.54) is 6.21 Å². The fourth-order valence-electron chi connectivity index (χ4n) is 3.61. The van der Waals surface area contributed by atoms with Crippen molar-refractivity contribution in [3.63, 3.8) is 0 Å². The summed E-state index contributed by atoms with van der Waals surface area (Å²) in [5.41, 5.74) is 1.16. The third kappa shape index (κ3) is 3.95. The van der Waals surface area contributed by atoms with Gasteiger partial charge in [0.15, 0.2) is 0 Å². The van der Waals surface area contributed by atoms with Crippen LogP contribution in [-0.4, -0.2) is 47.3 Å². The number of nitrogens with one attached hydrogen (secondary N) is 3. The van der Waals surface area contributed by atoms with Crippen LogP contribution in [0.25, 0.3) is 0 Å². The summed E-state index contributed by atoms with van der Waals surface area (Å²) in [6.07, 6.45) is 6.45. The van der Waals surface area contributed by atoms with Crippen LogP contribution in [0.4, 0.5) is 5.69 Å². The second kappa shape index (κ2) is 8.77. The van der Waals surface area contributed by atoms with Gasteiger partial charge in [-0.1, -0.05) is 18.9 Å². The molecule has 4 amide bonds. The van der Waals surface area contributed by atoms with Crippen LogP contribution in [0.3, 0.4) is 0 Å². The minimum Gasteiger partial charge on any atom is -0.384 e. The SMILES string of the molecule is N=CCCCCCCNc1cccc2c1C(=O)N(C1CCC(=O)NC1=O)C2=O. The molecule has 1 atom stereocenters. The van der Waals surface area contributed by atoms with Gasteiger partial charge in [0.2, 0.25) is 11.8 Å². The summed E-state index contributed by atoms with van der Waals surface area (Å²) < 4.78 is 0. The molecular weight excluding hydrogens is 360 g/mol. The van der Waals surface area contributed by atoms with Gasteiger partial charge in [-0.2, -0.15) is 0 Å². The van der Waals surface area contributed by atoms with Crippen molar-refractivity contribution in [2.75, 3.05) is 11.9 Å². The van der Waals surface area contributed by atoms with Crippen molar-refractivity contribution in [3.8, 4) is 0 Å². The van der Waals surface area contributed by atoms with Crippen molar-refractivity contribution >= 4 is 35.5 Å². The number of anilines is 1. The first-order valence-corrected chi connectivity index (χ1v) is 9.62. The molecule has 1 saturated heterocycles. The van der Waals surface area contributed by atoms with Crippen LogP contribution < -0.4 is 10.6 Å². The standard InChI is InChI=1S/C20H24N4O4/c21-11-4-2-1-3-5-12-22-14-8-6-7-13-17(14)20(28)24(19(13)27)15-9-10-16(25)23-18(15)26/h6-8,11,15,21-22H,1-5,9-10,12H2,(H,23,25,26). The summed E-state index contributed by atoms with van der Waals surface area (Å²) in [7, 11) is 0. The number of hydrogen-bond acceptors (Lipinski definition) is 6. The summed E-state index contributed by atoms with van der Waals surface area (Å²) in [6.45, 7) is 0.668. The largest absolute Gasteiger partial charge is 0.384 e. The van der Waals surface area contributed by atoms with Crippen LogP contribution in [-0.2, 0) is 9.59 Å². The lowest BCUT2D eigenvalue weighted by Crippen LogP contribution is -2.54. The Hall–Kier alpha value is -3.03. The van der Waals surface area contributed by atoms with Gasteiger partial charge in [-0.25, -0.2) is 0 Å². The molecular formula is C20H24N4O4. The fourth-order valence-corrected chi connectivity index (χ4v) is 3.61. The molecule has 3 N–H and O–H groups in total. The second-order valence-corrected chi connectivity index (χ2v) is 7.01. The molecule has 2 heterocycles. The number of benzene rings is 1. The molecule has 0 saturated carbocycles. The average molecular weight is 384 g/mol. The number of rotatable bonds is 9. The number of nitrogens with zero attached hydrogens (tertiary/aromatic N) is 1. The normalized spacial score (nSPS) is 18.9. The molecule has 8 heteroatoms. The van der Waals surface area contributed by atoms with Gasteiger partial charge in [0.25, 0.3) is 11.8 Å². The van der Waals surface area contributed by atoms with E-state index >= 15 is 0 Å². The van der Waals surface area contributed by atoms with E-state index in [4.69, 9.17) is 5.41 Å². The summed E-state index contributed by atoms with van der Waals surface area (Å²) in [4.78, 5) is 50.2. The fraction of sp³-hybridized carbons (Fsp3) is 0.450. The highest BCUT2D eigenvalue weighted by Gasteiger charge is 2.45. The summed E-state index contributed by atoms with van der Waals surface area (Å²) in [6, 6.07) is 4.10. The summed E-state index contributed by atoms with van der Waals surface area (Å²) in [5.74, 6) is -1.99. The number of imide groups is 2. The zero-order valence-electron chi connectivity index (χ0n) is 15.6. The Labute approximate surface area is 163 Å². The summed E-state index contributed by atoms with van der Waals surface area (Å²) in [5, 5.41) is 12.4. The molecule has 1 unspecified atom stereocenters. The van der Waals surface area contributed by atoms with E-state index in [9.17, 15) is 19.2 Å². The number of fused-ring (bicyclic) bond motifs is 1. The van der Waals surface area contributed by atoms with Crippen molar-refractivity contribution in [2.24, 2.45) is 0 Å². The van der Waals surface area contributed by atoms with E-state index in [-0.39, 0.29) is 24.3 Å². The minimum absolute atomic E-state index is 0.104. The van der Waals surface area contributed by atoms with E-state index in [0.717, 1.165) is 37.0 Å². The number of hydrogen-bond donors (Lipinski definition) is 3. The van der Waals surface area contributed by atoms with Crippen LogP contribution in [0.15, 0.2) is 18.2 Å². The predicted octanol–water partition coefficient (Wildman–Crippen LogP) is 2.10. The lowest BCUT2D eigenvalue weighted by Gasteiger charge is -2.27. The van der Waals surface area contributed by atoms with Crippen LogP contribution in [0.1, 0.15) is 65.7 Å². The topological polar surface area (TPSA) is 119 Å². The van der Waals surface area contributed by atoms with Crippen molar-refractivity contribution in [3.05, 3.63) is 29.3 Å². The maximum atomic E-state index is 12.9. The van der Waals surface area contributed by atoms with Crippen LogP contribution >= 0.6 is 0 Å². The Morgan fingerprint density at radius 3 is 2.64 bits per heavy atom. The molecule has 1 aromatic rings. The maximum absolute atomic E-state index is 12.9. The van der Waals surface area contributed by atoms with E-state index in [1.807, 2.05) is 0 Å². The quantitative estimate of drug-likeness (QED) is 0.342. The third-order valence-electron chi connectivity index (χ3n) is 5.06. The molecule has 2 aliphatic rings. The number of unbranched alkanes of at least 4 members (excludes halogenated alkanes) is 4. The average Bonchev–Trinajstić information content (AvgIpc) is 2.93. The van der Waals surface area contributed by atoms with Gasteiger partial charge in [0.05, 0.1) is 11.1 Å². The predicted molar refractivity (Wildman–Crippen MR) is 103 cm³/mol. The molecule has 0 bridgehead atoms. The number of carbonyl (C=O) groups excluding carboxylic acids is 4. The molecule has 0 spiro atoms. The first kappa shape index (κ1) is 19.7. The lowest BCUT2D eigenvalue weighted by molar-refractivity contribution is -0.136. The summed E-state index contributed by atoms with van der Waals surface area (Å²) >= 11 is 0. The second-order valence-electron chi connectivity index (χ2n) is 7.01. The highest BCUT2D eigenvalue weighted by molar-refractivity contribution is 6.25. The molecule has 148 valence electrons.